The number of aryl methyl sites for hydroxylation is 1. The Bertz CT molecular complexity index is 1090. The van der Waals surface area contributed by atoms with Gasteiger partial charge in [-0.15, -0.1) is 5.10 Å². The first-order valence-electron chi connectivity index (χ1n) is 10.1. The molecule has 0 aliphatic heterocycles. The minimum absolute atomic E-state index is 0.0114. The molecular formula is C21H24N6O3. The fourth-order valence-corrected chi connectivity index (χ4v) is 3.56. The monoisotopic (exact) mass is 408 g/mol. The van der Waals surface area contributed by atoms with E-state index in [1.807, 2.05) is 19.1 Å². The van der Waals surface area contributed by atoms with Gasteiger partial charge in [0.25, 0.3) is 0 Å². The van der Waals surface area contributed by atoms with Crippen molar-refractivity contribution in [2.45, 2.75) is 52.1 Å². The highest BCUT2D eigenvalue weighted by molar-refractivity contribution is 5.87. The number of nitrogens with one attached hydrogen (secondary N) is 2. The highest BCUT2D eigenvalue weighted by Crippen LogP contribution is 2.25. The molecule has 0 unspecified atom stereocenters. The van der Waals surface area contributed by atoms with Crippen LogP contribution in [0.5, 0.6) is 0 Å². The van der Waals surface area contributed by atoms with Crippen molar-refractivity contribution in [2.24, 2.45) is 0 Å². The van der Waals surface area contributed by atoms with E-state index in [4.69, 9.17) is 4.74 Å². The fourth-order valence-electron chi connectivity index (χ4n) is 3.56. The second kappa shape index (κ2) is 8.48. The van der Waals surface area contributed by atoms with Crippen molar-refractivity contribution in [3.8, 4) is 11.1 Å². The normalized spacial score (nSPS) is 14.5. The summed E-state index contributed by atoms with van der Waals surface area (Å²) in [6.45, 7) is 3.24. The van der Waals surface area contributed by atoms with Crippen molar-refractivity contribution in [2.75, 3.05) is 10.6 Å². The van der Waals surface area contributed by atoms with Crippen molar-refractivity contribution < 1.29 is 14.3 Å². The molecule has 0 saturated heterocycles. The van der Waals surface area contributed by atoms with E-state index in [1.54, 1.807) is 23.0 Å². The largest absolute Gasteiger partial charge is 0.446 e. The Kier molecular flexibility index (Phi) is 5.60. The summed E-state index contributed by atoms with van der Waals surface area (Å²) in [6.07, 6.45) is 8.31. The lowest BCUT2D eigenvalue weighted by Crippen LogP contribution is -2.24. The van der Waals surface area contributed by atoms with Gasteiger partial charge in [0.15, 0.2) is 5.65 Å². The van der Waals surface area contributed by atoms with Crippen molar-refractivity contribution >= 4 is 29.3 Å². The highest BCUT2D eigenvalue weighted by Gasteiger charge is 2.18. The summed E-state index contributed by atoms with van der Waals surface area (Å²) in [7, 11) is 0. The van der Waals surface area contributed by atoms with E-state index >= 15 is 0 Å². The van der Waals surface area contributed by atoms with E-state index in [-0.39, 0.29) is 18.0 Å². The number of hydrogen-bond acceptors (Lipinski definition) is 6. The molecule has 0 radical (unpaired) electrons. The molecule has 2 N–H and O–H groups in total. The minimum Gasteiger partial charge on any atom is -0.446 e. The van der Waals surface area contributed by atoms with Gasteiger partial charge in [0.05, 0.1) is 11.4 Å². The first-order valence-corrected chi connectivity index (χ1v) is 10.1. The van der Waals surface area contributed by atoms with Gasteiger partial charge in [0.1, 0.15) is 6.10 Å². The molecule has 2 amide bonds. The average molecular weight is 408 g/mol. The first-order chi connectivity index (χ1) is 14.5. The van der Waals surface area contributed by atoms with Gasteiger partial charge in [-0.05, 0) is 50.8 Å². The molecular weight excluding hydrogens is 384 g/mol. The standard InChI is InChI=1S/C21H24N6O3/c1-13-18(24-21(29)30-17-6-4-3-5-7-17)10-16(11-22-13)15-8-9-19-25-20(23-14(2)28)26-27(19)12-15/h8-12,17H,3-7H2,1-2H3,(H,24,29)(H,23,26,28). The Morgan fingerprint density at radius 2 is 1.93 bits per heavy atom. The van der Waals surface area contributed by atoms with Crippen molar-refractivity contribution in [1.29, 1.82) is 0 Å². The van der Waals surface area contributed by atoms with E-state index in [0.717, 1.165) is 36.8 Å². The summed E-state index contributed by atoms with van der Waals surface area (Å²) >= 11 is 0. The van der Waals surface area contributed by atoms with Gasteiger partial charge in [-0.25, -0.2) is 9.31 Å². The summed E-state index contributed by atoms with van der Waals surface area (Å²) in [5, 5.41) is 9.65. The number of amides is 2. The molecule has 9 nitrogen and oxygen atoms in total. The topological polar surface area (TPSA) is 111 Å². The number of anilines is 2. The second-order valence-corrected chi connectivity index (χ2v) is 7.48. The summed E-state index contributed by atoms with van der Waals surface area (Å²) in [5.41, 5.74) is 3.57. The van der Waals surface area contributed by atoms with Gasteiger partial charge in [0.2, 0.25) is 11.9 Å². The molecule has 0 atom stereocenters. The Morgan fingerprint density at radius 3 is 2.70 bits per heavy atom. The zero-order chi connectivity index (χ0) is 21.1. The maximum Gasteiger partial charge on any atom is 0.411 e. The lowest BCUT2D eigenvalue weighted by molar-refractivity contribution is -0.114. The summed E-state index contributed by atoms with van der Waals surface area (Å²) in [4.78, 5) is 32.2. The van der Waals surface area contributed by atoms with Crippen molar-refractivity contribution in [1.82, 2.24) is 19.6 Å². The van der Waals surface area contributed by atoms with Gasteiger partial charge < -0.3 is 4.74 Å². The molecule has 0 bridgehead atoms. The predicted octanol–water partition coefficient (Wildman–Crippen LogP) is 3.94. The van der Waals surface area contributed by atoms with Crippen LogP contribution in [0.1, 0.15) is 44.7 Å². The van der Waals surface area contributed by atoms with Crippen LogP contribution in [0.3, 0.4) is 0 Å². The van der Waals surface area contributed by atoms with E-state index in [0.29, 0.717) is 17.0 Å². The zero-order valence-corrected chi connectivity index (χ0v) is 17.0. The average Bonchev–Trinajstić information content (AvgIpc) is 3.11. The number of ether oxygens (including phenoxy) is 1. The number of aromatic nitrogens is 4. The molecule has 0 aromatic carbocycles. The van der Waals surface area contributed by atoms with Crippen LogP contribution in [0, 0.1) is 6.92 Å². The van der Waals surface area contributed by atoms with Gasteiger partial charge in [-0.1, -0.05) is 6.42 Å². The molecule has 0 spiro atoms. The molecule has 3 aromatic rings. The Balaban J connectivity index is 1.53. The highest BCUT2D eigenvalue weighted by atomic mass is 16.6. The number of carbonyl (C=O) groups excluding carboxylic acids is 2. The number of hydrogen-bond donors (Lipinski definition) is 2. The number of carbonyl (C=O) groups is 2. The van der Waals surface area contributed by atoms with Crippen LogP contribution in [0.25, 0.3) is 16.8 Å². The molecule has 4 rings (SSSR count). The van der Waals surface area contributed by atoms with Crippen LogP contribution in [-0.2, 0) is 9.53 Å². The van der Waals surface area contributed by atoms with E-state index in [1.165, 1.54) is 13.3 Å². The lowest BCUT2D eigenvalue weighted by Gasteiger charge is -2.22. The van der Waals surface area contributed by atoms with E-state index < -0.39 is 6.09 Å². The first kappa shape index (κ1) is 19.8. The fraction of sp³-hybridized carbons (Fsp3) is 0.381. The maximum absolute atomic E-state index is 12.3. The number of pyridine rings is 2. The molecule has 1 aliphatic rings. The SMILES string of the molecule is CC(=O)Nc1nc2ccc(-c3cnc(C)c(NC(=O)OC4CCCCC4)c3)cn2n1. The molecule has 1 fully saturated rings. The van der Waals surface area contributed by atoms with Gasteiger partial charge in [0, 0.05) is 30.4 Å². The minimum atomic E-state index is -0.448. The van der Waals surface area contributed by atoms with Crippen molar-refractivity contribution in [3.63, 3.8) is 0 Å². The van der Waals surface area contributed by atoms with Crippen LogP contribution in [0.15, 0.2) is 30.6 Å². The zero-order valence-electron chi connectivity index (χ0n) is 17.0. The quantitative estimate of drug-likeness (QED) is 0.676. The molecule has 9 heteroatoms. The van der Waals surface area contributed by atoms with Crippen LogP contribution in [-0.4, -0.2) is 37.7 Å². The number of nitrogens with zero attached hydrogens (tertiary/aromatic N) is 4. The summed E-state index contributed by atoms with van der Waals surface area (Å²) < 4.78 is 7.14. The number of rotatable bonds is 4. The van der Waals surface area contributed by atoms with Gasteiger partial charge in [-0.2, -0.15) is 4.98 Å². The molecule has 156 valence electrons. The van der Waals surface area contributed by atoms with Crippen LogP contribution >= 0.6 is 0 Å². The van der Waals surface area contributed by atoms with E-state index in [2.05, 4.69) is 25.7 Å². The molecule has 3 heterocycles. The smallest absolute Gasteiger partial charge is 0.411 e. The van der Waals surface area contributed by atoms with Crippen molar-refractivity contribution in [3.05, 3.63) is 36.3 Å². The van der Waals surface area contributed by atoms with Crippen LogP contribution in [0.2, 0.25) is 0 Å². The second-order valence-electron chi connectivity index (χ2n) is 7.48. The van der Waals surface area contributed by atoms with Crippen LogP contribution in [0.4, 0.5) is 16.4 Å². The Hall–Kier alpha value is -3.49. The summed E-state index contributed by atoms with van der Waals surface area (Å²) in [5.74, 6) is 0.0131. The third-order valence-electron chi connectivity index (χ3n) is 5.10. The Labute approximate surface area is 173 Å². The lowest BCUT2D eigenvalue weighted by atomic mass is 9.98. The third kappa shape index (κ3) is 4.56. The molecule has 30 heavy (non-hydrogen) atoms. The molecule has 1 aliphatic carbocycles. The third-order valence-corrected chi connectivity index (χ3v) is 5.10. The molecule has 1 saturated carbocycles. The summed E-state index contributed by atoms with van der Waals surface area (Å²) in [6, 6.07) is 5.55. The Morgan fingerprint density at radius 1 is 1.13 bits per heavy atom. The van der Waals surface area contributed by atoms with Crippen LogP contribution < -0.4 is 10.6 Å². The molecule has 3 aromatic heterocycles. The predicted molar refractivity (Wildman–Crippen MR) is 112 cm³/mol. The van der Waals surface area contributed by atoms with Gasteiger partial charge in [-0.3, -0.25) is 20.4 Å². The van der Waals surface area contributed by atoms with E-state index in [9.17, 15) is 9.59 Å². The maximum atomic E-state index is 12.3. The van der Waals surface area contributed by atoms with Gasteiger partial charge >= 0.3 is 6.09 Å². The number of fused-ring (bicyclic) bond motifs is 1.